The number of nitrogens with zero attached hydrogens (tertiary/aromatic N) is 4. The molecule has 1 atom stereocenters. The van der Waals surface area contributed by atoms with Crippen LogP contribution >= 0.6 is 0 Å². The summed E-state index contributed by atoms with van der Waals surface area (Å²) >= 11 is 0. The van der Waals surface area contributed by atoms with Crippen molar-refractivity contribution >= 4 is 5.91 Å². The van der Waals surface area contributed by atoms with E-state index in [1.807, 2.05) is 46.7 Å². The molecule has 25 heavy (non-hydrogen) atoms. The van der Waals surface area contributed by atoms with Gasteiger partial charge in [0.05, 0.1) is 18.3 Å². The number of carbonyl (C=O) groups excluding carboxylic acids is 1. The quantitative estimate of drug-likeness (QED) is 0.720. The van der Waals surface area contributed by atoms with Gasteiger partial charge >= 0.3 is 0 Å². The van der Waals surface area contributed by atoms with E-state index in [-0.39, 0.29) is 5.91 Å². The predicted molar refractivity (Wildman–Crippen MR) is 96.2 cm³/mol. The van der Waals surface area contributed by atoms with Gasteiger partial charge in [0, 0.05) is 31.2 Å². The first-order chi connectivity index (χ1) is 12.1. The molecule has 0 saturated carbocycles. The third kappa shape index (κ3) is 4.35. The van der Waals surface area contributed by atoms with E-state index in [1.54, 1.807) is 12.4 Å². The third-order valence-corrected chi connectivity index (χ3v) is 4.19. The van der Waals surface area contributed by atoms with Gasteiger partial charge in [0.1, 0.15) is 0 Å². The van der Waals surface area contributed by atoms with Crippen molar-refractivity contribution in [2.45, 2.75) is 26.9 Å². The Labute approximate surface area is 147 Å². The van der Waals surface area contributed by atoms with Gasteiger partial charge in [-0.25, -0.2) is 0 Å². The Bertz CT molecular complexity index is 808. The van der Waals surface area contributed by atoms with E-state index in [0.717, 1.165) is 17.8 Å². The molecule has 3 aromatic rings. The van der Waals surface area contributed by atoms with E-state index in [0.29, 0.717) is 24.6 Å². The molecule has 1 N–H and O–H groups in total. The minimum absolute atomic E-state index is 0.0795. The number of nitrogens with one attached hydrogen (secondary N) is 1. The van der Waals surface area contributed by atoms with Gasteiger partial charge in [0.15, 0.2) is 0 Å². The van der Waals surface area contributed by atoms with Crippen molar-refractivity contribution in [1.29, 1.82) is 0 Å². The number of aromatic nitrogens is 4. The lowest BCUT2D eigenvalue weighted by Crippen LogP contribution is -2.30. The van der Waals surface area contributed by atoms with Crippen LogP contribution in [-0.4, -0.2) is 32.0 Å². The van der Waals surface area contributed by atoms with Crippen molar-refractivity contribution in [2.75, 3.05) is 6.54 Å². The summed E-state index contributed by atoms with van der Waals surface area (Å²) in [5, 5.41) is 11.5. The van der Waals surface area contributed by atoms with Crippen molar-refractivity contribution in [3.63, 3.8) is 0 Å². The zero-order valence-corrected chi connectivity index (χ0v) is 14.6. The Balaban J connectivity index is 1.57. The van der Waals surface area contributed by atoms with Gasteiger partial charge in [-0.1, -0.05) is 37.3 Å². The Morgan fingerprint density at radius 2 is 2.00 bits per heavy atom. The average molecular weight is 337 g/mol. The van der Waals surface area contributed by atoms with Gasteiger partial charge in [-0.05, 0) is 24.5 Å². The van der Waals surface area contributed by atoms with Crippen LogP contribution in [0.15, 0.2) is 55.0 Å². The molecule has 1 amide bonds. The molecule has 0 radical (unpaired) electrons. The lowest BCUT2D eigenvalue weighted by Gasteiger charge is -2.12. The van der Waals surface area contributed by atoms with Gasteiger partial charge in [0.25, 0.3) is 5.91 Å². The molecular formula is C19H23N5O. The molecule has 6 nitrogen and oxygen atoms in total. The molecule has 0 spiro atoms. The molecule has 6 heteroatoms. The summed E-state index contributed by atoms with van der Waals surface area (Å²) in [4.78, 5) is 12.5. The number of carbonyl (C=O) groups is 1. The van der Waals surface area contributed by atoms with Crippen LogP contribution in [-0.2, 0) is 13.1 Å². The highest BCUT2D eigenvalue weighted by atomic mass is 16.1. The monoisotopic (exact) mass is 337 g/mol. The van der Waals surface area contributed by atoms with Gasteiger partial charge in [0.2, 0.25) is 0 Å². The fourth-order valence-corrected chi connectivity index (χ4v) is 2.74. The lowest BCUT2D eigenvalue weighted by atomic mass is 10.1. The first-order valence-corrected chi connectivity index (χ1v) is 8.45. The number of benzene rings is 1. The second-order valence-corrected chi connectivity index (χ2v) is 6.33. The Morgan fingerprint density at radius 1 is 1.20 bits per heavy atom. The Kier molecular flexibility index (Phi) is 5.28. The highest BCUT2D eigenvalue weighted by molar-refractivity contribution is 5.95. The second kappa shape index (κ2) is 7.79. The summed E-state index contributed by atoms with van der Waals surface area (Å²) < 4.78 is 3.73. The average Bonchev–Trinajstić information content (AvgIpc) is 3.24. The van der Waals surface area contributed by atoms with Crippen LogP contribution in [0.2, 0.25) is 0 Å². The maximum absolute atomic E-state index is 12.5. The molecule has 2 aromatic heterocycles. The van der Waals surface area contributed by atoms with E-state index >= 15 is 0 Å². The van der Waals surface area contributed by atoms with E-state index in [1.165, 1.54) is 0 Å². The minimum atomic E-state index is -0.0795. The van der Waals surface area contributed by atoms with Crippen molar-refractivity contribution < 1.29 is 4.79 Å². The maximum Gasteiger partial charge on any atom is 0.254 e. The van der Waals surface area contributed by atoms with Crippen LogP contribution in [0.5, 0.6) is 0 Å². The number of hydrogen-bond donors (Lipinski definition) is 1. The fourth-order valence-electron chi connectivity index (χ4n) is 2.74. The topological polar surface area (TPSA) is 64.7 Å². The van der Waals surface area contributed by atoms with Crippen LogP contribution in [0.1, 0.15) is 28.5 Å². The standard InChI is InChI=1S/C19H23N5O/c1-15(13-23-10-6-9-21-23)11-20-19(25)18-12-22-24(16(18)2)14-17-7-4-3-5-8-17/h3-10,12,15H,11,13-14H2,1-2H3,(H,20,25)/t15-/m0/s1. The molecule has 0 aliphatic carbocycles. The number of amides is 1. The molecule has 0 fully saturated rings. The Morgan fingerprint density at radius 3 is 2.72 bits per heavy atom. The number of hydrogen-bond acceptors (Lipinski definition) is 3. The maximum atomic E-state index is 12.5. The second-order valence-electron chi connectivity index (χ2n) is 6.33. The van der Waals surface area contributed by atoms with Gasteiger partial charge in [-0.3, -0.25) is 14.2 Å². The molecule has 0 aliphatic heterocycles. The first kappa shape index (κ1) is 17.0. The van der Waals surface area contributed by atoms with Crippen molar-refractivity contribution in [2.24, 2.45) is 5.92 Å². The normalized spacial score (nSPS) is 12.1. The minimum Gasteiger partial charge on any atom is -0.352 e. The van der Waals surface area contributed by atoms with Gasteiger partial charge < -0.3 is 5.32 Å². The summed E-state index contributed by atoms with van der Waals surface area (Å²) in [7, 11) is 0. The summed E-state index contributed by atoms with van der Waals surface area (Å²) in [6.45, 7) is 6.06. The molecular weight excluding hydrogens is 314 g/mol. The summed E-state index contributed by atoms with van der Waals surface area (Å²) in [6, 6.07) is 12.0. The molecule has 1 aromatic carbocycles. The number of rotatable bonds is 7. The summed E-state index contributed by atoms with van der Waals surface area (Å²) in [5.41, 5.74) is 2.66. The summed E-state index contributed by atoms with van der Waals surface area (Å²) in [6.07, 6.45) is 5.33. The zero-order valence-electron chi connectivity index (χ0n) is 14.6. The lowest BCUT2D eigenvalue weighted by molar-refractivity contribution is 0.0946. The molecule has 2 heterocycles. The van der Waals surface area contributed by atoms with Crippen LogP contribution in [0.3, 0.4) is 0 Å². The van der Waals surface area contributed by atoms with Crippen LogP contribution < -0.4 is 5.32 Å². The van der Waals surface area contributed by atoms with Crippen molar-refractivity contribution in [3.05, 3.63) is 71.8 Å². The molecule has 0 bridgehead atoms. The largest absolute Gasteiger partial charge is 0.352 e. The molecule has 0 saturated heterocycles. The van der Waals surface area contributed by atoms with Crippen molar-refractivity contribution in [3.8, 4) is 0 Å². The van der Waals surface area contributed by atoms with Gasteiger partial charge in [-0.2, -0.15) is 10.2 Å². The first-order valence-electron chi connectivity index (χ1n) is 8.45. The van der Waals surface area contributed by atoms with E-state index in [2.05, 4.69) is 34.6 Å². The van der Waals surface area contributed by atoms with Crippen LogP contribution in [0, 0.1) is 12.8 Å². The molecule has 0 aliphatic rings. The van der Waals surface area contributed by atoms with E-state index in [9.17, 15) is 4.79 Å². The molecule has 3 rings (SSSR count). The molecule has 0 unspecified atom stereocenters. The van der Waals surface area contributed by atoms with Crippen molar-refractivity contribution in [1.82, 2.24) is 24.9 Å². The highest BCUT2D eigenvalue weighted by Crippen LogP contribution is 2.10. The predicted octanol–water partition coefficient (Wildman–Crippen LogP) is 2.50. The van der Waals surface area contributed by atoms with Crippen LogP contribution in [0.25, 0.3) is 0 Å². The SMILES string of the molecule is Cc1c(C(=O)NC[C@H](C)Cn2cccn2)cnn1Cc1ccccc1. The summed E-state index contributed by atoms with van der Waals surface area (Å²) in [5.74, 6) is 0.215. The van der Waals surface area contributed by atoms with Crippen LogP contribution in [0.4, 0.5) is 0 Å². The zero-order chi connectivity index (χ0) is 17.6. The molecule has 130 valence electrons. The van der Waals surface area contributed by atoms with E-state index in [4.69, 9.17) is 0 Å². The fraction of sp³-hybridized carbons (Fsp3) is 0.316. The third-order valence-electron chi connectivity index (χ3n) is 4.19. The highest BCUT2D eigenvalue weighted by Gasteiger charge is 2.15. The van der Waals surface area contributed by atoms with Gasteiger partial charge in [-0.15, -0.1) is 0 Å². The Hall–Kier alpha value is -2.89. The van der Waals surface area contributed by atoms with E-state index < -0.39 is 0 Å². The smallest absolute Gasteiger partial charge is 0.254 e.